The topological polar surface area (TPSA) is 20.2 Å². The number of hydrogen-bond acceptors (Lipinski definition) is 1. The van der Waals surface area contributed by atoms with Gasteiger partial charge in [0.15, 0.2) is 0 Å². The first-order valence-electron chi connectivity index (χ1n) is 4.97. The van der Waals surface area contributed by atoms with Crippen LogP contribution in [0.1, 0.15) is 37.3 Å². The zero-order valence-electron chi connectivity index (χ0n) is 8.46. The molecule has 0 saturated heterocycles. The highest BCUT2D eigenvalue weighted by Crippen LogP contribution is 2.15. The summed E-state index contributed by atoms with van der Waals surface area (Å²) in [5.74, 6) is 0.260. The molecular weight excluding hydrogens is 160 g/mol. The molecule has 1 nitrogen and oxygen atoms in total. The summed E-state index contributed by atoms with van der Waals surface area (Å²) in [6.45, 7) is 4.45. The molecule has 0 aromatic heterocycles. The third kappa shape index (κ3) is 2.85. The van der Waals surface area contributed by atoms with Gasteiger partial charge in [0.25, 0.3) is 0 Å². The minimum Gasteiger partial charge on any atom is -0.396 e. The first kappa shape index (κ1) is 10.3. The van der Waals surface area contributed by atoms with Crippen molar-refractivity contribution < 1.29 is 5.11 Å². The summed E-state index contributed by atoms with van der Waals surface area (Å²) in [6, 6.07) is 8.55. The minimum absolute atomic E-state index is 0.229. The van der Waals surface area contributed by atoms with Gasteiger partial charge in [0, 0.05) is 12.5 Å². The molecule has 1 unspecified atom stereocenters. The van der Waals surface area contributed by atoms with Gasteiger partial charge < -0.3 is 5.11 Å². The second-order valence-electron chi connectivity index (χ2n) is 3.58. The Hall–Kier alpha value is -0.820. The maximum atomic E-state index is 8.96. The molecule has 0 aliphatic heterocycles. The quantitative estimate of drug-likeness (QED) is 0.751. The lowest BCUT2D eigenvalue weighted by atomic mass is 9.99. The second-order valence-corrected chi connectivity index (χ2v) is 3.58. The van der Waals surface area contributed by atoms with E-state index in [1.165, 1.54) is 17.5 Å². The minimum atomic E-state index is 0.229. The highest BCUT2D eigenvalue weighted by atomic mass is 16.3. The van der Waals surface area contributed by atoms with Gasteiger partial charge in [-0.05, 0) is 17.5 Å². The van der Waals surface area contributed by atoms with Gasteiger partial charge in [0.1, 0.15) is 0 Å². The van der Waals surface area contributed by atoms with Crippen LogP contribution in [0.2, 0.25) is 0 Å². The van der Waals surface area contributed by atoms with Gasteiger partial charge in [-0.25, -0.2) is 0 Å². The molecule has 1 rings (SSSR count). The lowest BCUT2D eigenvalue weighted by molar-refractivity contribution is 0.273. The van der Waals surface area contributed by atoms with E-state index in [1.807, 2.05) is 6.92 Å². The van der Waals surface area contributed by atoms with Gasteiger partial charge in [0.05, 0.1) is 0 Å². The average molecular weight is 178 g/mol. The molecule has 1 heteroatoms. The summed E-state index contributed by atoms with van der Waals surface area (Å²) in [5, 5.41) is 8.96. The van der Waals surface area contributed by atoms with Crippen LogP contribution < -0.4 is 0 Å². The van der Waals surface area contributed by atoms with Crippen LogP contribution in [0.3, 0.4) is 0 Å². The van der Waals surface area contributed by atoms with Gasteiger partial charge >= 0.3 is 0 Å². The molecule has 0 heterocycles. The van der Waals surface area contributed by atoms with E-state index in [2.05, 4.69) is 31.2 Å². The number of aliphatic hydroxyl groups excluding tert-OH is 1. The molecule has 0 aliphatic rings. The molecule has 0 aliphatic carbocycles. The van der Waals surface area contributed by atoms with Crippen LogP contribution in [0, 0.1) is 0 Å². The maximum Gasteiger partial charge on any atom is 0.0497 e. The van der Waals surface area contributed by atoms with E-state index in [0.717, 1.165) is 6.42 Å². The largest absolute Gasteiger partial charge is 0.396 e. The summed E-state index contributed by atoms with van der Waals surface area (Å²) >= 11 is 0. The Labute approximate surface area is 80.4 Å². The first-order chi connectivity index (χ1) is 6.27. The summed E-state index contributed by atoms with van der Waals surface area (Å²) in [6.07, 6.45) is 2.34. The fourth-order valence-electron chi connectivity index (χ4n) is 1.41. The number of aliphatic hydroxyl groups is 1. The number of rotatable bonds is 4. The Balaban J connectivity index is 2.69. The molecule has 0 amide bonds. The Morgan fingerprint density at radius 3 is 2.31 bits per heavy atom. The van der Waals surface area contributed by atoms with Crippen molar-refractivity contribution in [3.05, 3.63) is 35.4 Å². The molecule has 0 saturated carbocycles. The zero-order valence-corrected chi connectivity index (χ0v) is 8.46. The summed E-state index contributed by atoms with van der Waals surface area (Å²) in [5.41, 5.74) is 2.61. The number of benzene rings is 1. The van der Waals surface area contributed by atoms with Crippen molar-refractivity contribution in [2.45, 2.75) is 32.6 Å². The molecule has 72 valence electrons. The fourth-order valence-corrected chi connectivity index (χ4v) is 1.41. The summed E-state index contributed by atoms with van der Waals surface area (Å²) in [7, 11) is 0. The van der Waals surface area contributed by atoms with Crippen molar-refractivity contribution in [3.8, 4) is 0 Å². The van der Waals surface area contributed by atoms with E-state index in [0.29, 0.717) is 0 Å². The molecule has 0 spiro atoms. The smallest absolute Gasteiger partial charge is 0.0497 e. The standard InChI is InChI=1S/C12H18O/c1-3-4-11-5-7-12(8-6-11)10(2)9-13/h5-8,10,13H,3-4,9H2,1-2H3. The van der Waals surface area contributed by atoms with E-state index < -0.39 is 0 Å². The Morgan fingerprint density at radius 1 is 1.23 bits per heavy atom. The van der Waals surface area contributed by atoms with Crippen molar-refractivity contribution in [2.75, 3.05) is 6.61 Å². The van der Waals surface area contributed by atoms with E-state index in [1.54, 1.807) is 0 Å². The van der Waals surface area contributed by atoms with Crippen LogP contribution >= 0.6 is 0 Å². The fraction of sp³-hybridized carbons (Fsp3) is 0.500. The molecule has 1 N–H and O–H groups in total. The molecule has 1 atom stereocenters. The molecule has 0 radical (unpaired) electrons. The van der Waals surface area contributed by atoms with Crippen LogP contribution in [-0.2, 0) is 6.42 Å². The number of aryl methyl sites for hydroxylation is 1. The van der Waals surface area contributed by atoms with Crippen molar-refractivity contribution >= 4 is 0 Å². The van der Waals surface area contributed by atoms with E-state index >= 15 is 0 Å². The molecule has 13 heavy (non-hydrogen) atoms. The van der Waals surface area contributed by atoms with Gasteiger partial charge in [-0.1, -0.05) is 44.5 Å². The van der Waals surface area contributed by atoms with Gasteiger partial charge in [-0.2, -0.15) is 0 Å². The third-order valence-electron chi connectivity index (χ3n) is 2.36. The predicted octanol–water partition coefficient (Wildman–Crippen LogP) is 2.73. The Morgan fingerprint density at radius 2 is 1.85 bits per heavy atom. The van der Waals surface area contributed by atoms with E-state index in [4.69, 9.17) is 5.11 Å². The predicted molar refractivity (Wildman–Crippen MR) is 55.9 cm³/mol. The van der Waals surface area contributed by atoms with Crippen molar-refractivity contribution in [2.24, 2.45) is 0 Å². The molecular formula is C12H18O. The Bertz CT molecular complexity index is 238. The van der Waals surface area contributed by atoms with E-state index in [9.17, 15) is 0 Å². The first-order valence-corrected chi connectivity index (χ1v) is 4.97. The van der Waals surface area contributed by atoms with Crippen LogP contribution in [-0.4, -0.2) is 11.7 Å². The van der Waals surface area contributed by atoms with Crippen LogP contribution in [0.4, 0.5) is 0 Å². The molecule has 1 aromatic rings. The van der Waals surface area contributed by atoms with Gasteiger partial charge in [-0.3, -0.25) is 0 Å². The van der Waals surface area contributed by atoms with Crippen LogP contribution in [0.5, 0.6) is 0 Å². The number of hydrogen-bond donors (Lipinski definition) is 1. The van der Waals surface area contributed by atoms with Gasteiger partial charge in [0.2, 0.25) is 0 Å². The second kappa shape index (κ2) is 5.03. The van der Waals surface area contributed by atoms with Crippen molar-refractivity contribution in [1.29, 1.82) is 0 Å². The zero-order chi connectivity index (χ0) is 9.68. The lowest BCUT2D eigenvalue weighted by Crippen LogP contribution is -1.98. The molecule has 0 bridgehead atoms. The van der Waals surface area contributed by atoms with E-state index in [-0.39, 0.29) is 12.5 Å². The maximum absolute atomic E-state index is 8.96. The van der Waals surface area contributed by atoms with Crippen LogP contribution in [0.25, 0.3) is 0 Å². The highest BCUT2D eigenvalue weighted by molar-refractivity contribution is 5.25. The van der Waals surface area contributed by atoms with Crippen LogP contribution in [0.15, 0.2) is 24.3 Å². The SMILES string of the molecule is CCCc1ccc(C(C)CO)cc1. The third-order valence-corrected chi connectivity index (χ3v) is 2.36. The molecule has 1 aromatic carbocycles. The highest BCUT2D eigenvalue weighted by Gasteiger charge is 2.02. The summed E-state index contributed by atoms with van der Waals surface area (Å²) < 4.78 is 0. The van der Waals surface area contributed by atoms with Gasteiger partial charge in [-0.15, -0.1) is 0 Å². The lowest BCUT2D eigenvalue weighted by Gasteiger charge is -2.08. The normalized spacial score (nSPS) is 12.8. The summed E-state index contributed by atoms with van der Waals surface area (Å²) in [4.78, 5) is 0. The Kier molecular flexibility index (Phi) is 3.97. The monoisotopic (exact) mass is 178 g/mol. The average Bonchev–Trinajstić information content (AvgIpc) is 2.18. The molecule has 0 fully saturated rings. The van der Waals surface area contributed by atoms with Crippen molar-refractivity contribution in [3.63, 3.8) is 0 Å². The van der Waals surface area contributed by atoms with Crippen molar-refractivity contribution in [1.82, 2.24) is 0 Å².